The van der Waals surface area contributed by atoms with Crippen LogP contribution in [0.1, 0.15) is 38.7 Å². The number of thiol groups is 1. The number of nitrogens with one attached hydrogen (secondary N) is 4. The largest absolute Gasteiger partial charge is 0.480 e. The molecular formula is C23H34N4O5S. The fourth-order valence-electron chi connectivity index (χ4n) is 3.67. The fourth-order valence-corrected chi connectivity index (χ4v) is 3.92. The van der Waals surface area contributed by atoms with Crippen molar-refractivity contribution < 1.29 is 24.3 Å². The highest BCUT2D eigenvalue weighted by molar-refractivity contribution is 7.80. The van der Waals surface area contributed by atoms with E-state index in [1.165, 1.54) is 0 Å². The molecule has 0 saturated carbocycles. The molecule has 0 bridgehead atoms. The van der Waals surface area contributed by atoms with Crippen LogP contribution in [0.2, 0.25) is 0 Å². The second-order valence-electron chi connectivity index (χ2n) is 8.67. The molecule has 182 valence electrons. The molecule has 4 unspecified atom stereocenters. The summed E-state index contributed by atoms with van der Waals surface area (Å²) in [6, 6.07) is 5.95. The number of hydrogen-bond acceptors (Lipinski definition) is 6. The van der Waals surface area contributed by atoms with Crippen molar-refractivity contribution in [3.63, 3.8) is 0 Å². The van der Waals surface area contributed by atoms with Gasteiger partial charge in [0.1, 0.15) is 18.1 Å². The number of carboxylic acid groups (broad SMARTS) is 1. The second kappa shape index (κ2) is 13.2. The third-order valence-electron chi connectivity index (χ3n) is 5.43. The number of carbonyl (C=O) groups is 4. The Morgan fingerprint density at radius 1 is 1.03 bits per heavy atom. The Morgan fingerprint density at radius 3 is 2.21 bits per heavy atom. The number of carboxylic acids is 1. The van der Waals surface area contributed by atoms with E-state index in [-0.39, 0.29) is 30.0 Å². The minimum Gasteiger partial charge on any atom is -0.480 e. The summed E-state index contributed by atoms with van der Waals surface area (Å²) < 4.78 is 0. The summed E-state index contributed by atoms with van der Waals surface area (Å²) in [6.07, 6.45) is 2.16. The Kier molecular flexibility index (Phi) is 10.7. The zero-order chi connectivity index (χ0) is 24.4. The third kappa shape index (κ3) is 8.70. The normalized spacial score (nSPS) is 18.2. The van der Waals surface area contributed by atoms with E-state index in [9.17, 15) is 24.3 Å². The van der Waals surface area contributed by atoms with Crippen molar-refractivity contribution in [1.82, 2.24) is 21.3 Å². The minimum absolute atomic E-state index is 0.0604. The summed E-state index contributed by atoms with van der Waals surface area (Å²) in [4.78, 5) is 50.0. The topological polar surface area (TPSA) is 137 Å². The molecule has 2 rings (SSSR count). The van der Waals surface area contributed by atoms with Crippen LogP contribution in [0.25, 0.3) is 0 Å². The van der Waals surface area contributed by atoms with E-state index in [4.69, 9.17) is 0 Å². The van der Waals surface area contributed by atoms with E-state index in [0.717, 1.165) is 18.5 Å². The summed E-state index contributed by atoms with van der Waals surface area (Å²) >= 11 is 3.97. The molecule has 1 aromatic carbocycles. The maximum atomic E-state index is 13.2. The summed E-state index contributed by atoms with van der Waals surface area (Å²) in [5.41, 5.74) is 0.864. The predicted octanol–water partition coefficient (Wildman–Crippen LogP) is 0.496. The molecule has 3 amide bonds. The van der Waals surface area contributed by atoms with Gasteiger partial charge in [0.15, 0.2) is 0 Å². The van der Waals surface area contributed by atoms with Gasteiger partial charge >= 0.3 is 5.97 Å². The van der Waals surface area contributed by atoms with Crippen LogP contribution in [0, 0.1) is 5.92 Å². The average Bonchev–Trinajstić information content (AvgIpc) is 3.31. The summed E-state index contributed by atoms with van der Waals surface area (Å²) in [7, 11) is 0. The molecule has 1 heterocycles. The van der Waals surface area contributed by atoms with Gasteiger partial charge < -0.3 is 26.4 Å². The van der Waals surface area contributed by atoms with Crippen LogP contribution < -0.4 is 21.3 Å². The lowest BCUT2D eigenvalue weighted by atomic mass is 10.0. The Labute approximate surface area is 199 Å². The van der Waals surface area contributed by atoms with Gasteiger partial charge in [-0.15, -0.1) is 0 Å². The van der Waals surface area contributed by atoms with Gasteiger partial charge in [-0.05, 0) is 37.3 Å². The summed E-state index contributed by atoms with van der Waals surface area (Å²) in [5, 5.41) is 20.3. The summed E-state index contributed by atoms with van der Waals surface area (Å²) in [6.45, 7) is 4.55. The quantitative estimate of drug-likeness (QED) is 0.242. The molecule has 1 fully saturated rings. The van der Waals surface area contributed by atoms with Crippen LogP contribution in [0.15, 0.2) is 30.3 Å². The van der Waals surface area contributed by atoms with E-state index >= 15 is 0 Å². The smallest absolute Gasteiger partial charge is 0.327 e. The van der Waals surface area contributed by atoms with Gasteiger partial charge in [0.25, 0.3) is 0 Å². The molecule has 9 nitrogen and oxygen atoms in total. The molecule has 0 aromatic heterocycles. The van der Waals surface area contributed by atoms with Crippen LogP contribution in [-0.4, -0.2) is 65.3 Å². The molecule has 0 spiro atoms. The highest BCUT2D eigenvalue weighted by Crippen LogP contribution is 2.10. The van der Waals surface area contributed by atoms with Crippen LogP contribution in [0.4, 0.5) is 0 Å². The van der Waals surface area contributed by atoms with Crippen molar-refractivity contribution in [2.45, 2.75) is 63.7 Å². The molecule has 1 saturated heterocycles. The molecule has 10 heteroatoms. The van der Waals surface area contributed by atoms with E-state index in [1.807, 2.05) is 44.2 Å². The van der Waals surface area contributed by atoms with E-state index < -0.39 is 35.9 Å². The van der Waals surface area contributed by atoms with Crippen molar-refractivity contribution >= 4 is 36.3 Å². The number of aliphatic carboxylic acids is 1. The van der Waals surface area contributed by atoms with Gasteiger partial charge in [-0.2, -0.15) is 12.6 Å². The van der Waals surface area contributed by atoms with Crippen molar-refractivity contribution in [2.75, 3.05) is 12.3 Å². The van der Waals surface area contributed by atoms with Crippen LogP contribution in [0.3, 0.4) is 0 Å². The molecular weight excluding hydrogens is 444 g/mol. The monoisotopic (exact) mass is 478 g/mol. The third-order valence-corrected chi connectivity index (χ3v) is 5.79. The van der Waals surface area contributed by atoms with Gasteiger partial charge in [-0.3, -0.25) is 14.4 Å². The number of hydrogen-bond donors (Lipinski definition) is 6. The first kappa shape index (κ1) is 26.7. The van der Waals surface area contributed by atoms with Gasteiger partial charge in [0.05, 0.1) is 6.04 Å². The first-order valence-corrected chi connectivity index (χ1v) is 11.9. The van der Waals surface area contributed by atoms with Crippen molar-refractivity contribution in [1.29, 1.82) is 0 Å². The molecule has 1 aliphatic rings. The first-order valence-electron chi connectivity index (χ1n) is 11.2. The molecule has 1 aromatic rings. The zero-order valence-corrected chi connectivity index (χ0v) is 19.9. The second-order valence-corrected chi connectivity index (χ2v) is 9.04. The molecule has 0 aliphatic carbocycles. The predicted molar refractivity (Wildman–Crippen MR) is 128 cm³/mol. The maximum absolute atomic E-state index is 13.2. The zero-order valence-electron chi connectivity index (χ0n) is 19.0. The standard InChI is InChI=1S/C23H34N4O5S/c1-14(2)11-17(21(29)27-19(13-33)23(31)32)25-22(30)18(12-15-7-4-3-5-8-15)26-20(28)16-9-6-10-24-16/h3-5,7-8,14,16-19,24,33H,6,9-13H2,1-2H3,(H,25,30)(H,26,28)(H,27,29)(H,31,32). The van der Waals surface area contributed by atoms with Crippen molar-refractivity contribution in [3.8, 4) is 0 Å². The molecule has 0 radical (unpaired) electrons. The van der Waals surface area contributed by atoms with Crippen molar-refractivity contribution in [2.24, 2.45) is 5.92 Å². The minimum atomic E-state index is -1.20. The van der Waals surface area contributed by atoms with Crippen LogP contribution in [-0.2, 0) is 25.6 Å². The fraction of sp³-hybridized carbons (Fsp3) is 0.565. The molecule has 5 N–H and O–H groups in total. The van der Waals surface area contributed by atoms with Crippen molar-refractivity contribution in [3.05, 3.63) is 35.9 Å². The molecule has 33 heavy (non-hydrogen) atoms. The van der Waals surface area contributed by atoms with E-state index in [1.54, 1.807) is 0 Å². The number of amides is 3. The van der Waals surface area contributed by atoms with Crippen LogP contribution >= 0.6 is 12.6 Å². The van der Waals surface area contributed by atoms with Gasteiger partial charge in [0, 0.05) is 12.2 Å². The van der Waals surface area contributed by atoms with Gasteiger partial charge in [-0.25, -0.2) is 4.79 Å². The van der Waals surface area contributed by atoms with E-state index in [0.29, 0.717) is 12.8 Å². The Morgan fingerprint density at radius 2 is 1.67 bits per heavy atom. The SMILES string of the molecule is CC(C)CC(NC(=O)C(Cc1ccccc1)NC(=O)C1CCCN1)C(=O)NC(CS)C(=O)O. The maximum Gasteiger partial charge on any atom is 0.327 e. The average molecular weight is 479 g/mol. The molecule has 4 atom stereocenters. The highest BCUT2D eigenvalue weighted by Gasteiger charge is 2.31. The van der Waals surface area contributed by atoms with Gasteiger partial charge in [-0.1, -0.05) is 44.2 Å². The lowest BCUT2D eigenvalue weighted by Crippen LogP contribution is -2.58. The van der Waals surface area contributed by atoms with Crippen LogP contribution in [0.5, 0.6) is 0 Å². The van der Waals surface area contributed by atoms with E-state index in [2.05, 4.69) is 33.9 Å². The number of benzene rings is 1. The Balaban J connectivity index is 2.16. The Bertz CT molecular complexity index is 814. The number of rotatable bonds is 12. The first-order chi connectivity index (χ1) is 15.7. The Hall–Kier alpha value is -2.59. The lowest BCUT2D eigenvalue weighted by molar-refractivity contribution is -0.141. The number of carbonyl (C=O) groups excluding carboxylic acids is 3. The van der Waals surface area contributed by atoms with Gasteiger partial charge in [0.2, 0.25) is 17.7 Å². The summed E-state index contributed by atoms with van der Waals surface area (Å²) in [5.74, 6) is -2.57. The molecule has 1 aliphatic heterocycles. The lowest BCUT2D eigenvalue weighted by Gasteiger charge is -2.26. The highest BCUT2D eigenvalue weighted by atomic mass is 32.1.